The van der Waals surface area contributed by atoms with Crippen LogP contribution < -0.4 is 14.5 Å². The van der Waals surface area contributed by atoms with Gasteiger partial charge in [-0.2, -0.15) is 0 Å². The molecule has 0 aromatic heterocycles. The monoisotopic (exact) mass is 479 g/mol. The van der Waals surface area contributed by atoms with Crippen molar-refractivity contribution in [2.75, 3.05) is 49.1 Å². The van der Waals surface area contributed by atoms with Crippen LogP contribution in [-0.4, -0.2) is 56.2 Å². The number of nitrogens with zero attached hydrogens (tertiary/aromatic N) is 3. The Balaban J connectivity index is 1.28. The molecule has 1 atom stereocenters. The molecule has 0 radical (unpaired) electrons. The average molecular weight is 480 g/mol. The zero-order chi connectivity index (χ0) is 24.2. The van der Waals surface area contributed by atoms with Crippen LogP contribution in [0.25, 0.3) is 0 Å². The Hall–Kier alpha value is -2.60. The Labute approximate surface area is 208 Å². The zero-order valence-electron chi connectivity index (χ0n) is 20.9. The summed E-state index contributed by atoms with van der Waals surface area (Å²) >= 11 is 0. The molecule has 1 amide bonds. The maximum absolute atomic E-state index is 13.8. The number of carbonyl (C=O) groups excluding carboxylic acids is 1. The first-order valence-electron chi connectivity index (χ1n) is 13.4. The highest BCUT2D eigenvalue weighted by atomic mass is 19.1. The summed E-state index contributed by atoms with van der Waals surface area (Å²) in [7, 11) is 0. The van der Waals surface area contributed by atoms with Gasteiger partial charge in [-0.05, 0) is 56.4 Å². The van der Waals surface area contributed by atoms with Crippen LogP contribution in [0, 0.1) is 11.7 Å². The van der Waals surface area contributed by atoms with Crippen LogP contribution in [0.15, 0.2) is 42.5 Å². The third-order valence-electron chi connectivity index (χ3n) is 7.96. The highest BCUT2D eigenvalue weighted by Crippen LogP contribution is 2.36. The maximum Gasteiger partial charge on any atom is 0.230 e. The number of hydrogen-bond acceptors (Lipinski definition) is 4. The molecule has 5 nitrogen and oxygen atoms in total. The maximum atomic E-state index is 13.8. The molecule has 5 rings (SSSR count). The van der Waals surface area contributed by atoms with E-state index in [-0.39, 0.29) is 17.8 Å². The van der Waals surface area contributed by atoms with E-state index in [4.69, 9.17) is 4.74 Å². The van der Waals surface area contributed by atoms with E-state index in [9.17, 15) is 9.18 Å². The van der Waals surface area contributed by atoms with Gasteiger partial charge in [0.2, 0.25) is 5.91 Å². The minimum Gasteiger partial charge on any atom is -0.492 e. The Bertz CT molecular complexity index is 1010. The van der Waals surface area contributed by atoms with Crippen molar-refractivity contribution < 1.29 is 13.9 Å². The van der Waals surface area contributed by atoms with Gasteiger partial charge >= 0.3 is 0 Å². The second-order valence-corrected chi connectivity index (χ2v) is 10.2. The van der Waals surface area contributed by atoms with Gasteiger partial charge in [0.05, 0.1) is 12.3 Å². The second-order valence-electron chi connectivity index (χ2n) is 10.2. The Morgan fingerprint density at radius 3 is 2.51 bits per heavy atom. The molecule has 0 bridgehead atoms. The number of para-hydroxylation sites is 1. The molecule has 1 saturated heterocycles. The van der Waals surface area contributed by atoms with Gasteiger partial charge in [-0.1, -0.05) is 37.5 Å². The first kappa shape index (κ1) is 24.1. The molecule has 35 heavy (non-hydrogen) atoms. The van der Waals surface area contributed by atoms with E-state index in [1.165, 1.54) is 37.0 Å². The zero-order valence-corrected chi connectivity index (χ0v) is 20.9. The minimum atomic E-state index is -0.267. The minimum absolute atomic E-state index is 0.171. The van der Waals surface area contributed by atoms with Gasteiger partial charge < -0.3 is 14.5 Å². The van der Waals surface area contributed by atoms with Crippen LogP contribution in [0.1, 0.15) is 51.0 Å². The predicted octanol–water partition coefficient (Wildman–Crippen LogP) is 5.27. The molecular weight excluding hydrogens is 441 g/mol. The fourth-order valence-electron chi connectivity index (χ4n) is 6.11. The van der Waals surface area contributed by atoms with E-state index in [1.54, 1.807) is 0 Å². The highest BCUT2D eigenvalue weighted by Gasteiger charge is 2.36. The number of carbonyl (C=O) groups is 1. The fraction of sp³-hybridized carbons (Fsp3) is 0.552. The number of ether oxygens (including phenoxy) is 1. The SMILES string of the molecule is CCOc1cc(F)ccc1N1CCN(CC2CCc3ccccc3N2C(=O)C2CCCCC2)CC1. The number of benzene rings is 2. The number of piperazine rings is 1. The summed E-state index contributed by atoms with van der Waals surface area (Å²) in [4.78, 5) is 20.8. The third kappa shape index (κ3) is 5.32. The topological polar surface area (TPSA) is 36.0 Å². The molecular formula is C29H38FN3O2. The van der Waals surface area contributed by atoms with Crippen molar-refractivity contribution in [3.05, 3.63) is 53.8 Å². The number of hydrogen-bond donors (Lipinski definition) is 0. The molecule has 1 aliphatic carbocycles. The van der Waals surface area contributed by atoms with Crippen molar-refractivity contribution in [1.29, 1.82) is 0 Å². The number of rotatable bonds is 6. The van der Waals surface area contributed by atoms with Gasteiger partial charge in [0.15, 0.2) is 0 Å². The first-order chi connectivity index (χ1) is 17.1. The van der Waals surface area contributed by atoms with Gasteiger partial charge in [-0.3, -0.25) is 9.69 Å². The van der Waals surface area contributed by atoms with Crippen LogP contribution in [0.4, 0.5) is 15.8 Å². The number of fused-ring (bicyclic) bond motifs is 1. The third-order valence-corrected chi connectivity index (χ3v) is 7.96. The molecule has 2 aromatic carbocycles. The molecule has 2 heterocycles. The molecule has 6 heteroatoms. The van der Waals surface area contributed by atoms with Crippen LogP contribution in [0.3, 0.4) is 0 Å². The molecule has 2 fully saturated rings. The van der Waals surface area contributed by atoms with E-state index in [0.29, 0.717) is 18.3 Å². The van der Waals surface area contributed by atoms with Crippen LogP contribution in [0.5, 0.6) is 5.75 Å². The summed E-state index contributed by atoms with van der Waals surface area (Å²) in [6.07, 6.45) is 7.71. The lowest BCUT2D eigenvalue weighted by atomic mass is 9.86. The van der Waals surface area contributed by atoms with Gasteiger partial charge in [0.25, 0.3) is 0 Å². The van der Waals surface area contributed by atoms with E-state index >= 15 is 0 Å². The molecule has 1 saturated carbocycles. The van der Waals surface area contributed by atoms with Crippen molar-refractivity contribution in [3.8, 4) is 5.75 Å². The number of halogens is 1. The standard InChI is InChI=1S/C29H38FN3O2/c1-2-35-28-20-24(30)13-15-27(28)32-18-16-31(17-19-32)21-25-14-12-22-8-6-7-11-26(22)33(25)29(34)23-9-4-3-5-10-23/h6-8,11,13,15,20,23,25H,2-5,9-10,12,14,16-19,21H2,1H3. The van der Waals surface area contributed by atoms with Gasteiger partial charge in [-0.25, -0.2) is 4.39 Å². The normalized spacial score (nSPS) is 21.6. The smallest absolute Gasteiger partial charge is 0.230 e. The van der Waals surface area contributed by atoms with Crippen molar-refractivity contribution in [1.82, 2.24) is 4.90 Å². The summed E-state index contributed by atoms with van der Waals surface area (Å²) < 4.78 is 19.5. The molecule has 2 aliphatic heterocycles. The Kier molecular flexibility index (Phi) is 7.57. The summed E-state index contributed by atoms with van der Waals surface area (Å²) in [6, 6.07) is 13.5. The van der Waals surface area contributed by atoms with E-state index < -0.39 is 0 Å². The van der Waals surface area contributed by atoms with Crippen molar-refractivity contribution >= 4 is 17.3 Å². The summed E-state index contributed by atoms with van der Waals surface area (Å²) in [5.74, 6) is 0.864. The summed E-state index contributed by atoms with van der Waals surface area (Å²) in [5, 5.41) is 0. The second kappa shape index (κ2) is 11.0. The molecule has 0 N–H and O–H groups in total. The van der Waals surface area contributed by atoms with Gasteiger partial charge in [0, 0.05) is 56.4 Å². The Morgan fingerprint density at radius 1 is 0.971 bits per heavy atom. The number of amides is 1. The Morgan fingerprint density at radius 2 is 1.74 bits per heavy atom. The van der Waals surface area contributed by atoms with Crippen LogP contribution in [0.2, 0.25) is 0 Å². The van der Waals surface area contributed by atoms with Gasteiger partial charge in [0.1, 0.15) is 11.6 Å². The molecule has 1 unspecified atom stereocenters. The fourth-order valence-corrected chi connectivity index (χ4v) is 6.11. The van der Waals surface area contributed by atoms with E-state index in [2.05, 4.69) is 39.0 Å². The quantitative estimate of drug-likeness (QED) is 0.565. The number of aryl methyl sites for hydroxylation is 1. The van der Waals surface area contributed by atoms with Crippen molar-refractivity contribution in [2.24, 2.45) is 5.92 Å². The molecule has 0 spiro atoms. The molecule has 188 valence electrons. The molecule has 2 aromatic rings. The van der Waals surface area contributed by atoms with Crippen LogP contribution >= 0.6 is 0 Å². The summed E-state index contributed by atoms with van der Waals surface area (Å²) in [6.45, 7) is 6.93. The average Bonchev–Trinajstić information content (AvgIpc) is 2.90. The summed E-state index contributed by atoms with van der Waals surface area (Å²) in [5.41, 5.74) is 3.40. The lowest BCUT2D eigenvalue weighted by molar-refractivity contribution is -0.124. The van der Waals surface area contributed by atoms with Gasteiger partial charge in [-0.15, -0.1) is 0 Å². The van der Waals surface area contributed by atoms with E-state index in [0.717, 1.165) is 69.8 Å². The van der Waals surface area contributed by atoms with Crippen molar-refractivity contribution in [3.63, 3.8) is 0 Å². The molecule has 3 aliphatic rings. The lowest BCUT2D eigenvalue weighted by Gasteiger charge is -2.44. The van der Waals surface area contributed by atoms with E-state index in [1.807, 2.05) is 13.0 Å². The predicted molar refractivity (Wildman–Crippen MR) is 139 cm³/mol. The van der Waals surface area contributed by atoms with Crippen LogP contribution in [-0.2, 0) is 11.2 Å². The highest BCUT2D eigenvalue weighted by molar-refractivity contribution is 5.97. The largest absolute Gasteiger partial charge is 0.492 e. The van der Waals surface area contributed by atoms with Crippen molar-refractivity contribution in [2.45, 2.75) is 57.9 Å². The first-order valence-corrected chi connectivity index (χ1v) is 13.4. The number of anilines is 2. The lowest BCUT2D eigenvalue weighted by Crippen LogP contribution is -2.55.